The van der Waals surface area contributed by atoms with Crippen molar-refractivity contribution in [2.45, 2.75) is 11.5 Å². The molecular weight excluding hydrogens is 401 g/mol. The summed E-state index contributed by atoms with van der Waals surface area (Å²) in [7, 11) is -3.78. The van der Waals surface area contributed by atoms with Crippen molar-refractivity contribution in [1.82, 2.24) is 0 Å². The van der Waals surface area contributed by atoms with Crippen LogP contribution in [-0.2, 0) is 16.6 Å². The highest BCUT2D eigenvalue weighted by Gasteiger charge is 2.16. The standard InChI is InChI=1S/C13H10BrCl2NO3S/c14-11-6-9(1-3-13(11)16)17-21(19,20)10-2-4-12(15)8(5-10)7-18/h1-6,17-18H,7H2. The van der Waals surface area contributed by atoms with Crippen molar-refractivity contribution >= 4 is 54.8 Å². The van der Waals surface area contributed by atoms with E-state index < -0.39 is 10.0 Å². The van der Waals surface area contributed by atoms with Crippen molar-refractivity contribution < 1.29 is 13.5 Å². The summed E-state index contributed by atoms with van der Waals surface area (Å²) in [6, 6.07) is 8.81. The molecule has 0 atom stereocenters. The second kappa shape index (κ2) is 6.54. The van der Waals surface area contributed by atoms with Gasteiger partial charge in [0.25, 0.3) is 10.0 Å². The van der Waals surface area contributed by atoms with E-state index in [0.717, 1.165) is 0 Å². The molecule has 0 saturated heterocycles. The zero-order valence-electron chi connectivity index (χ0n) is 10.5. The minimum atomic E-state index is -3.78. The average molecular weight is 411 g/mol. The summed E-state index contributed by atoms with van der Waals surface area (Å²) in [5.41, 5.74) is 0.712. The van der Waals surface area contributed by atoms with Crippen molar-refractivity contribution in [1.29, 1.82) is 0 Å². The molecule has 0 fully saturated rings. The van der Waals surface area contributed by atoms with Crippen LogP contribution in [0.2, 0.25) is 10.0 Å². The maximum absolute atomic E-state index is 12.3. The summed E-state index contributed by atoms with van der Waals surface area (Å²) >= 11 is 14.9. The van der Waals surface area contributed by atoms with Crippen molar-refractivity contribution in [3.63, 3.8) is 0 Å². The molecule has 0 aromatic heterocycles. The maximum Gasteiger partial charge on any atom is 0.261 e. The Morgan fingerprint density at radius 2 is 1.76 bits per heavy atom. The van der Waals surface area contributed by atoms with Crippen LogP contribution in [-0.4, -0.2) is 13.5 Å². The zero-order chi connectivity index (χ0) is 15.6. The molecule has 0 aliphatic rings. The SMILES string of the molecule is O=S(=O)(Nc1ccc(Cl)c(Br)c1)c1ccc(Cl)c(CO)c1. The van der Waals surface area contributed by atoms with Gasteiger partial charge >= 0.3 is 0 Å². The topological polar surface area (TPSA) is 66.4 Å². The smallest absolute Gasteiger partial charge is 0.261 e. The highest BCUT2D eigenvalue weighted by Crippen LogP contribution is 2.27. The van der Waals surface area contributed by atoms with Gasteiger partial charge in [0.2, 0.25) is 0 Å². The first kappa shape index (κ1) is 16.6. The van der Waals surface area contributed by atoms with Crippen molar-refractivity contribution in [3.8, 4) is 0 Å². The van der Waals surface area contributed by atoms with E-state index in [1.54, 1.807) is 18.2 Å². The molecule has 21 heavy (non-hydrogen) atoms. The second-order valence-electron chi connectivity index (χ2n) is 4.15. The van der Waals surface area contributed by atoms with E-state index in [4.69, 9.17) is 28.3 Å². The van der Waals surface area contributed by atoms with E-state index >= 15 is 0 Å². The van der Waals surface area contributed by atoms with Crippen LogP contribution in [0, 0.1) is 0 Å². The van der Waals surface area contributed by atoms with Gasteiger partial charge in [-0.15, -0.1) is 0 Å². The molecule has 0 heterocycles. The van der Waals surface area contributed by atoms with E-state index in [1.165, 1.54) is 18.2 Å². The van der Waals surface area contributed by atoms with Gasteiger partial charge in [-0.3, -0.25) is 4.72 Å². The van der Waals surface area contributed by atoms with Crippen LogP contribution >= 0.6 is 39.1 Å². The lowest BCUT2D eigenvalue weighted by atomic mass is 10.2. The number of aliphatic hydroxyl groups is 1. The predicted molar refractivity (Wildman–Crippen MR) is 87.3 cm³/mol. The Morgan fingerprint density at radius 1 is 1.10 bits per heavy atom. The molecule has 2 aromatic rings. The molecule has 0 radical (unpaired) electrons. The number of anilines is 1. The maximum atomic E-state index is 12.3. The highest BCUT2D eigenvalue weighted by molar-refractivity contribution is 9.10. The van der Waals surface area contributed by atoms with E-state index in [-0.39, 0.29) is 11.5 Å². The first-order valence-electron chi connectivity index (χ1n) is 5.70. The fourth-order valence-electron chi connectivity index (χ4n) is 1.61. The van der Waals surface area contributed by atoms with Gasteiger partial charge in [0, 0.05) is 9.50 Å². The molecule has 0 saturated carbocycles. The zero-order valence-corrected chi connectivity index (χ0v) is 14.4. The van der Waals surface area contributed by atoms with Crippen LogP contribution < -0.4 is 4.72 Å². The van der Waals surface area contributed by atoms with E-state index in [9.17, 15) is 8.42 Å². The Bertz CT molecular complexity index is 781. The number of rotatable bonds is 4. The van der Waals surface area contributed by atoms with Gasteiger partial charge in [0.15, 0.2) is 0 Å². The molecule has 0 bridgehead atoms. The number of hydrogen-bond acceptors (Lipinski definition) is 3. The third-order valence-corrected chi connectivity index (χ3v) is 5.63. The summed E-state index contributed by atoms with van der Waals surface area (Å²) < 4.78 is 27.6. The number of nitrogens with one attached hydrogen (secondary N) is 1. The largest absolute Gasteiger partial charge is 0.392 e. The number of hydrogen-bond donors (Lipinski definition) is 2. The van der Waals surface area contributed by atoms with Crippen LogP contribution in [0.25, 0.3) is 0 Å². The van der Waals surface area contributed by atoms with Crippen LogP contribution in [0.15, 0.2) is 45.8 Å². The van der Waals surface area contributed by atoms with Gasteiger partial charge in [0.05, 0.1) is 22.2 Å². The monoisotopic (exact) mass is 409 g/mol. The van der Waals surface area contributed by atoms with E-state index in [1.807, 2.05) is 0 Å². The minimum Gasteiger partial charge on any atom is -0.392 e. The van der Waals surface area contributed by atoms with E-state index in [2.05, 4.69) is 20.7 Å². The molecule has 2 rings (SSSR count). The van der Waals surface area contributed by atoms with Crippen LogP contribution in [0.3, 0.4) is 0 Å². The third-order valence-electron chi connectivity index (χ3n) is 2.67. The molecule has 2 N–H and O–H groups in total. The number of benzene rings is 2. The van der Waals surface area contributed by atoms with Gasteiger partial charge in [-0.2, -0.15) is 0 Å². The van der Waals surface area contributed by atoms with Crippen molar-refractivity contribution in [2.75, 3.05) is 4.72 Å². The number of aliphatic hydroxyl groups excluding tert-OH is 1. The fourth-order valence-corrected chi connectivity index (χ4v) is 3.39. The number of sulfonamides is 1. The normalized spacial score (nSPS) is 11.4. The summed E-state index contributed by atoms with van der Waals surface area (Å²) in [6.07, 6.45) is 0. The molecule has 112 valence electrons. The summed E-state index contributed by atoms with van der Waals surface area (Å²) in [5, 5.41) is 9.93. The Hall–Kier alpha value is -0.790. The minimum absolute atomic E-state index is 0.0158. The van der Waals surface area contributed by atoms with Gasteiger partial charge in [0.1, 0.15) is 0 Å². The lowest BCUT2D eigenvalue weighted by Crippen LogP contribution is -2.13. The Kier molecular flexibility index (Phi) is 5.16. The van der Waals surface area contributed by atoms with Gasteiger partial charge in [-0.05, 0) is 57.9 Å². The molecule has 0 aliphatic carbocycles. The van der Waals surface area contributed by atoms with Gasteiger partial charge < -0.3 is 5.11 Å². The molecule has 8 heteroatoms. The third kappa shape index (κ3) is 3.90. The molecular formula is C13H10BrCl2NO3S. The summed E-state index contributed by atoms with van der Waals surface area (Å²) in [4.78, 5) is 0.0158. The second-order valence-corrected chi connectivity index (χ2v) is 7.50. The molecule has 0 aliphatic heterocycles. The summed E-state index contributed by atoms with van der Waals surface area (Å²) in [5.74, 6) is 0. The van der Waals surface area contributed by atoms with Crippen LogP contribution in [0.5, 0.6) is 0 Å². The van der Waals surface area contributed by atoms with Crippen LogP contribution in [0.4, 0.5) is 5.69 Å². The number of halogens is 3. The first-order chi connectivity index (χ1) is 9.83. The predicted octanol–water partition coefficient (Wildman–Crippen LogP) is 4.05. The molecule has 0 unspecified atom stereocenters. The summed E-state index contributed by atoms with van der Waals surface area (Å²) in [6.45, 7) is -0.339. The molecule has 0 amide bonds. The van der Waals surface area contributed by atoms with Gasteiger partial charge in [-0.25, -0.2) is 8.42 Å². The highest BCUT2D eigenvalue weighted by atomic mass is 79.9. The quantitative estimate of drug-likeness (QED) is 0.798. The molecule has 2 aromatic carbocycles. The van der Waals surface area contributed by atoms with Crippen LogP contribution in [0.1, 0.15) is 5.56 Å². The van der Waals surface area contributed by atoms with Gasteiger partial charge in [-0.1, -0.05) is 23.2 Å². The van der Waals surface area contributed by atoms with Crippen molar-refractivity contribution in [2.24, 2.45) is 0 Å². The van der Waals surface area contributed by atoms with E-state index in [0.29, 0.717) is 25.8 Å². The average Bonchev–Trinajstić information content (AvgIpc) is 2.43. The lowest BCUT2D eigenvalue weighted by molar-refractivity contribution is 0.281. The Labute approximate surface area is 140 Å². The lowest BCUT2D eigenvalue weighted by Gasteiger charge is -2.10. The fraction of sp³-hybridized carbons (Fsp3) is 0.0769. The molecule has 4 nitrogen and oxygen atoms in total. The Morgan fingerprint density at radius 3 is 2.38 bits per heavy atom. The first-order valence-corrected chi connectivity index (χ1v) is 8.74. The molecule has 0 spiro atoms. The Balaban J connectivity index is 2.35. The van der Waals surface area contributed by atoms with Crippen molar-refractivity contribution in [3.05, 3.63) is 56.5 Å².